The van der Waals surface area contributed by atoms with Crippen LogP contribution in [0.15, 0.2) is 36.4 Å². The molecule has 2 rings (SSSR count). The highest BCUT2D eigenvalue weighted by Crippen LogP contribution is 2.44. The molecule has 1 saturated carbocycles. The third-order valence-corrected chi connectivity index (χ3v) is 2.41. The molecule has 0 radical (unpaired) electrons. The van der Waals surface area contributed by atoms with E-state index in [2.05, 4.69) is 24.8 Å². The Balaban J connectivity index is 2.10. The molecule has 0 aromatic heterocycles. The lowest BCUT2D eigenvalue weighted by Gasteiger charge is -2.10. The number of hydrogen-bond acceptors (Lipinski definition) is 1. The summed E-state index contributed by atoms with van der Waals surface area (Å²) in [6, 6.07) is 8.34. The molecule has 1 aromatic carbocycles. The second-order valence-electron chi connectivity index (χ2n) is 4.06. The van der Waals surface area contributed by atoms with Crippen molar-refractivity contribution in [2.24, 2.45) is 0 Å². The number of benzene rings is 1. The molecule has 0 aliphatic heterocycles. The van der Waals surface area contributed by atoms with Crippen molar-refractivity contribution < 1.29 is 4.74 Å². The molecule has 0 atom stereocenters. The Morgan fingerprint density at radius 2 is 2.14 bits per heavy atom. The third kappa shape index (κ3) is 2.16. The van der Waals surface area contributed by atoms with Gasteiger partial charge < -0.3 is 4.74 Å². The molecule has 0 spiro atoms. The average molecular weight is 188 g/mol. The summed E-state index contributed by atoms with van der Waals surface area (Å²) in [5, 5.41) is 0. The first kappa shape index (κ1) is 9.32. The predicted octanol–water partition coefficient (Wildman–Crippen LogP) is 3.52. The highest BCUT2D eigenvalue weighted by molar-refractivity contribution is 5.38. The first-order valence-electron chi connectivity index (χ1n) is 5.13. The fourth-order valence-corrected chi connectivity index (χ4v) is 1.54. The van der Waals surface area contributed by atoms with Gasteiger partial charge in [0.15, 0.2) is 0 Å². The van der Waals surface area contributed by atoms with Crippen LogP contribution in [0.1, 0.15) is 31.2 Å². The van der Waals surface area contributed by atoms with E-state index in [-0.39, 0.29) is 0 Å². The Morgan fingerprint density at radius 3 is 2.79 bits per heavy atom. The molecule has 0 amide bonds. The number of ether oxygens (including phenoxy) is 1. The summed E-state index contributed by atoms with van der Waals surface area (Å²) >= 11 is 0. The van der Waals surface area contributed by atoms with Gasteiger partial charge in [-0.05, 0) is 42.9 Å². The monoisotopic (exact) mass is 188 g/mol. The summed E-state index contributed by atoms with van der Waals surface area (Å²) in [4.78, 5) is 0. The fraction of sp³-hybridized carbons (Fsp3) is 0.385. The van der Waals surface area contributed by atoms with Gasteiger partial charge in [0.25, 0.3) is 0 Å². The van der Waals surface area contributed by atoms with Crippen LogP contribution in [0.5, 0.6) is 5.75 Å². The van der Waals surface area contributed by atoms with E-state index in [0.29, 0.717) is 6.61 Å². The van der Waals surface area contributed by atoms with Crippen LogP contribution in [-0.4, -0.2) is 6.61 Å². The van der Waals surface area contributed by atoms with Crippen LogP contribution < -0.4 is 4.74 Å². The summed E-state index contributed by atoms with van der Waals surface area (Å²) in [5.74, 6) is 1.79. The lowest BCUT2D eigenvalue weighted by atomic mass is 10.1. The number of para-hydroxylation sites is 1. The smallest absolute Gasteiger partial charge is 0.123 e. The number of rotatable bonds is 4. The van der Waals surface area contributed by atoms with Gasteiger partial charge in [-0.2, -0.15) is 0 Å². The Kier molecular flexibility index (Phi) is 2.58. The Morgan fingerprint density at radius 1 is 1.43 bits per heavy atom. The lowest BCUT2D eigenvalue weighted by molar-refractivity contribution is 0.349. The minimum Gasteiger partial charge on any atom is -0.489 e. The van der Waals surface area contributed by atoms with E-state index in [1.165, 1.54) is 18.4 Å². The minimum atomic E-state index is 0.629. The zero-order valence-electron chi connectivity index (χ0n) is 8.62. The summed E-state index contributed by atoms with van der Waals surface area (Å²) < 4.78 is 5.70. The van der Waals surface area contributed by atoms with Crippen molar-refractivity contribution in [3.8, 4) is 5.75 Å². The molecular formula is C13H16O. The van der Waals surface area contributed by atoms with Crippen molar-refractivity contribution in [3.05, 3.63) is 42.0 Å². The SMILES string of the molecule is C=C(C)COc1ccccc1C1CC1. The molecule has 14 heavy (non-hydrogen) atoms. The highest BCUT2D eigenvalue weighted by atomic mass is 16.5. The van der Waals surface area contributed by atoms with Gasteiger partial charge in [0.1, 0.15) is 12.4 Å². The second kappa shape index (κ2) is 3.87. The Hall–Kier alpha value is -1.24. The largest absolute Gasteiger partial charge is 0.489 e. The molecule has 0 saturated heterocycles. The van der Waals surface area contributed by atoms with Gasteiger partial charge in [-0.3, -0.25) is 0 Å². The van der Waals surface area contributed by atoms with Crippen molar-refractivity contribution >= 4 is 0 Å². The van der Waals surface area contributed by atoms with Crippen LogP contribution in [0.2, 0.25) is 0 Å². The maximum absolute atomic E-state index is 5.70. The van der Waals surface area contributed by atoms with E-state index in [9.17, 15) is 0 Å². The minimum absolute atomic E-state index is 0.629. The van der Waals surface area contributed by atoms with Gasteiger partial charge >= 0.3 is 0 Å². The van der Waals surface area contributed by atoms with Crippen molar-refractivity contribution in [1.82, 2.24) is 0 Å². The van der Waals surface area contributed by atoms with Gasteiger partial charge in [0.05, 0.1) is 0 Å². The van der Waals surface area contributed by atoms with E-state index in [0.717, 1.165) is 17.2 Å². The maximum Gasteiger partial charge on any atom is 0.123 e. The van der Waals surface area contributed by atoms with Crippen LogP contribution in [-0.2, 0) is 0 Å². The first-order valence-corrected chi connectivity index (χ1v) is 5.13. The third-order valence-electron chi connectivity index (χ3n) is 2.41. The lowest BCUT2D eigenvalue weighted by Crippen LogP contribution is -1.99. The van der Waals surface area contributed by atoms with Crippen molar-refractivity contribution in [2.45, 2.75) is 25.7 Å². The van der Waals surface area contributed by atoms with E-state index >= 15 is 0 Å². The molecule has 1 nitrogen and oxygen atoms in total. The molecule has 1 aliphatic rings. The van der Waals surface area contributed by atoms with Crippen LogP contribution in [0.4, 0.5) is 0 Å². The summed E-state index contributed by atoms with van der Waals surface area (Å²) in [6.07, 6.45) is 2.63. The summed E-state index contributed by atoms with van der Waals surface area (Å²) in [7, 11) is 0. The summed E-state index contributed by atoms with van der Waals surface area (Å²) in [6.45, 7) is 6.45. The van der Waals surface area contributed by atoms with Gasteiger partial charge in [-0.15, -0.1) is 0 Å². The predicted molar refractivity (Wildman–Crippen MR) is 58.7 cm³/mol. The van der Waals surface area contributed by atoms with E-state index in [1.807, 2.05) is 13.0 Å². The Bertz CT molecular complexity index is 337. The number of hydrogen-bond donors (Lipinski definition) is 0. The second-order valence-corrected chi connectivity index (χ2v) is 4.06. The molecule has 0 N–H and O–H groups in total. The summed E-state index contributed by atoms with van der Waals surface area (Å²) in [5.41, 5.74) is 2.43. The van der Waals surface area contributed by atoms with Crippen LogP contribution in [0, 0.1) is 0 Å². The molecule has 0 unspecified atom stereocenters. The van der Waals surface area contributed by atoms with Crippen molar-refractivity contribution in [3.63, 3.8) is 0 Å². The molecule has 0 bridgehead atoms. The molecule has 1 aromatic rings. The molecule has 1 aliphatic carbocycles. The van der Waals surface area contributed by atoms with Gasteiger partial charge in [-0.1, -0.05) is 24.8 Å². The Labute approximate surface area is 85.4 Å². The molecule has 1 fully saturated rings. The molecule has 1 heteroatoms. The standard InChI is InChI=1S/C13H16O/c1-10(2)9-14-13-6-4-3-5-12(13)11-7-8-11/h3-6,11H,1,7-9H2,2H3. The molecule has 74 valence electrons. The first-order chi connectivity index (χ1) is 6.77. The van der Waals surface area contributed by atoms with E-state index < -0.39 is 0 Å². The quantitative estimate of drug-likeness (QED) is 0.657. The van der Waals surface area contributed by atoms with Gasteiger partial charge in [0, 0.05) is 0 Å². The van der Waals surface area contributed by atoms with Crippen LogP contribution in [0.3, 0.4) is 0 Å². The topological polar surface area (TPSA) is 9.23 Å². The van der Waals surface area contributed by atoms with Crippen LogP contribution >= 0.6 is 0 Å². The van der Waals surface area contributed by atoms with E-state index in [4.69, 9.17) is 4.74 Å². The normalized spacial score (nSPS) is 15.2. The van der Waals surface area contributed by atoms with Crippen molar-refractivity contribution in [1.29, 1.82) is 0 Å². The molecule has 0 heterocycles. The zero-order valence-corrected chi connectivity index (χ0v) is 8.62. The molecular weight excluding hydrogens is 172 g/mol. The highest BCUT2D eigenvalue weighted by Gasteiger charge is 2.26. The van der Waals surface area contributed by atoms with Gasteiger partial charge in [-0.25, -0.2) is 0 Å². The van der Waals surface area contributed by atoms with Gasteiger partial charge in [0.2, 0.25) is 0 Å². The van der Waals surface area contributed by atoms with E-state index in [1.54, 1.807) is 0 Å². The van der Waals surface area contributed by atoms with Crippen molar-refractivity contribution in [2.75, 3.05) is 6.61 Å². The zero-order chi connectivity index (χ0) is 9.97. The maximum atomic E-state index is 5.70. The average Bonchev–Trinajstić information content (AvgIpc) is 2.98. The van der Waals surface area contributed by atoms with Crippen LogP contribution in [0.25, 0.3) is 0 Å². The fourth-order valence-electron chi connectivity index (χ4n) is 1.54.